The van der Waals surface area contributed by atoms with Crippen LogP contribution in [0.2, 0.25) is 0 Å². The topological polar surface area (TPSA) is 61.8 Å². The van der Waals surface area contributed by atoms with Crippen molar-refractivity contribution in [2.45, 2.75) is 37.9 Å². The lowest BCUT2D eigenvalue weighted by Gasteiger charge is -2.06. The minimum absolute atomic E-state index is 0.312. The van der Waals surface area contributed by atoms with Crippen molar-refractivity contribution >= 4 is 22.9 Å². The number of unbranched alkanes of at least 4 members (excludes halogenated alkanes) is 2. The maximum Gasteiger partial charge on any atom is 0.332 e. The number of aromatic nitrogens is 4. The van der Waals surface area contributed by atoms with Gasteiger partial charge < -0.3 is 4.57 Å². The molecule has 0 saturated carbocycles. The van der Waals surface area contributed by atoms with Crippen LogP contribution in [0.15, 0.2) is 27.4 Å². The van der Waals surface area contributed by atoms with Crippen molar-refractivity contribution in [2.75, 3.05) is 5.75 Å². The van der Waals surface area contributed by atoms with Crippen LogP contribution in [-0.2, 0) is 20.6 Å². The Hall–Kier alpha value is -1.76. The number of imidazole rings is 1. The van der Waals surface area contributed by atoms with Gasteiger partial charge in [-0.05, 0) is 6.42 Å². The summed E-state index contributed by atoms with van der Waals surface area (Å²) in [5.74, 6) is 0.947. The number of fused-ring (bicyclic) bond motifs is 1. The summed E-state index contributed by atoms with van der Waals surface area (Å²) < 4.78 is 4.39. The lowest BCUT2D eigenvalue weighted by Crippen LogP contribution is -2.37. The second-order valence-electron chi connectivity index (χ2n) is 5.23. The molecule has 0 bridgehead atoms. The van der Waals surface area contributed by atoms with Crippen LogP contribution >= 0.6 is 11.8 Å². The summed E-state index contributed by atoms with van der Waals surface area (Å²) in [7, 11) is 3.13. The Balaban J connectivity index is 2.57. The van der Waals surface area contributed by atoms with Gasteiger partial charge in [0.05, 0.1) is 0 Å². The minimum Gasteiger partial charge on any atom is -0.309 e. The van der Waals surface area contributed by atoms with E-state index in [0.717, 1.165) is 21.9 Å². The third-order valence-corrected chi connectivity index (χ3v) is 4.67. The van der Waals surface area contributed by atoms with Crippen LogP contribution in [0.1, 0.15) is 26.2 Å². The van der Waals surface area contributed by atoms with Crippen LogP contribution in [-0.4, -0.2) is 24.4 Å². The van der Waals surface area contributed by atoms with E-state index in [4.69, 9.17) is 0 Å². The fraction of sp³-hybridized carbons (Fsp3) is 0.533. The number of rotatable bonds is 7. The molecular weight excluding hydrogens is 300 g/mol. The van der Waals surface area contributed by atoms with E-state index < -0.39 is 0 Å². The number of allylic oxidation sites excluding steroid dienone is 1. The molecule has 0 amide bonds. The van der Waals surface area contributed by atoms with Gasteiger partial charge in [-0.3, -0.25) is 13.9 Å². The number of nitrogens with zero attached hydrogens (tertiary/aromatic N) is 4. The Morgan fingerprint density at radius 3 is 2.59 bits per heavy atom. The van der Waals surface area contributed by atoms with Crippen LogP contribution in [0, 0.1) is 0 Å². The van der Waals surface area contributed by atoms with Crippen LogP contribution in [0.3, 0.4) is 0 Å². The van der Waals surface area contributed by atoms with E-state index in [1.807, 2.05) is 4.57 Å². The molecule has 0 aromatic carbocycles. The third-order valence-electron chi connectivity index (χ3n) is 3.60. The van der Waals surface area contributed by atoms with E-state index in [2.05, 4.69) is 18.5 Å². The maximum atomic E-state index is 12.4. The van der Waals surface area contributed by atoms with Gasteiger partial charge in [0.15, 0.2) is 16.3 Å². The first kappa shape index (κ1) is 16.6. The van der Waals surface area contributed by atoms with Gasteiger partial charge in [-0.25, -0.2) is 9.78 Å². The Bertz CT molecular complexity index is 800. The molecule has 7 heteroatoms. The van der Waals surface area contributed by atoms with Crippen molar-refractivity contribution in [1.29, 1.82) is 0 Å². The van der Waals surface area contributed by atoms with Crippen molar-refractivity contribution in [1.82, 2.24) is 18.7 Å². The van der Waals surface area contributed by atoms with Crippen LogP contribution < -0.4 is 11.2 Å². The zero-order valence-electron chi connectivity index (χ0n) is 13.3. The van der Waals surface area contributed by atoms with E-state index in [0.29, 0.717) is 17.7 Å². The molecule has 0 unspecified atom stereocenters. The highest BCUT2D eigenvalue weighted by Gasteiger charge is 2.18. The van der Waals surface area contributed by atoms with E-state index in [1.165, 1.54) is 24.5 Å². The lowest BCUT2D eigenvalue weighted by molar-refractivity contribution is 0.700. The molecule has 0 fully saturated rings. The maximum absolute atomic E-state index is 12.4. The molecule has 2 rings (SSSR count). The normalized spacial score (nSPS) is 11.2. The molecule has 2 heterocycles. The van der Waals surface area contributed by atoms with E-state index in [9.17, 15) is 9.59 Å². The van der Waals surface area contributed by atoms with Gasteiger partial charge in [0.1, 0.15) is 0 Å². The monoisotopic (exact) mass is 322 g/mol. The molecule has 0 N–H and O–H groups in total. The summed E-state index contributed by atoms with van der Waals surface area (Å²) in [6.45, 7) is 6.41. The van der Waals surface area contributed by atoms with Gasteiger partial charge in [-0.2, -0.15) is 0 Å². The Labute approximate surface area is 133 Å². The number of aryl methyl sites for hydroxylation is 1. The Kier molecular flexibility index (Phi) is 5.28. The Morgan fingerprint density at radius 2 is 1.95 bits per heavy atom. The molecule has 120 valence electrons. The van der Waals surface area contributed by atoms with Crippen molar-refractivity contribution in [3.8, 4) is 0 Å². The average molecular weight is 322 g/mol. The average Bonchev–Trinajstić information content (AvgIpc) is 2.87. The summed E-state index contributed by atoms with van der Waals surface area (Å²) in [6.07, 6.45) is 5.19. The fourth-order valence-corrected chi connectivity index (χ4v) is 3.35. The Morgan fingerprint density at radius 1 is 1.23 bits per heavy atom. The first-order valence-electron chi connectivity index (χ1n) is 7.42. The third kappa shape index (κ3) is 2.90. The van der Waals surface area contributed by atoms with E-state index >= 15 is 0 Å². The zero-order chi connectivity index (χ0) is 16.3. The first-order valence-corrected chi connectivity index (χ1v) is 8.41. The molecule has 0 aliphatic carbocycles. The summed E-state index contributed by atoms with van der Waals surface area (Å²) in [5.41, 5.74) is 0.228. The van der Waals surface area contributed by atoms with Crippen LogP contribution in [0.25, 0.3) is 11.2 Å². The predicted molar refractivity (Wildman–Crippen MR) is 90.7 cm³/mol. The second kappa shape index (κ2) is 7.00. The molecule has 22 heavy (non-hydrogen) atoms. The SMILES string of the molecule is C=CCn1c(SCCCCC)nc2c1c(=O)n(C)c(=O)n2C. The fourth-order valence-electron chi connectivity index (χ4n) is 2.35. The molecule has 6 nitrogen and oxygen atoms in total. The van der Waals surface area contributed by atoms with E-state index in [-0.39, 0.29) is 11.2 Å². The van der Waals surface area contributed by atoms with Crippen molar-refractivity contribution < 1.29 is 0 Å². The first-order chi connectivity index (χ1) is 10.5. The van der Waals surface area contributed by atoms with Crippen molar-refractivity contribution in [3.63, 3.8) is 0 Å². The van der Waals surface area contributed by atoms with Gasteiger partial charge in [0, 0.05) is 26.4 Å². The van der Waals surface area contributed by atoms with Crippen molar-refractivity contribution in [2.24, 2.45) is 14.1 Å². The molecule has 0 radical (unpaired) electrons. The minimum atomic E-state index is -0.358. The number of thioether (sulfide) groups is 1. The smallest absolute Gasteiger partial charge is 0.309 e. The summed E-state index contributed by atoms with van der Waals surface area (Å²) >= 11 is 1.62. The van der Waals surface area contributed by atoms with Crippen LogP contribution in [0.4, 0.5) is 0 Å². The summed E-state index contributed by atoms with van der Waals surface area (Å²) in [6, 6.07) is 0. The van der Waals surface area contributed by atoms with Gasteiger partial charge in [0.25, 0.3) is 5.56 Å². The number of hydrogen-bond acceptors (Lipinski definition) is 4. The summed E-state index contributed by atoms with van der Waals surface area (Å²) in [5, 5.41) is 0.768. The van der Waals surface area contributed by atoms with Gasteiger partial charge in [-0.15, -0.1) is 6.58 Å². The zero-order valence-corrected chi connectivity index (χ0v) is 14.2. The second-order valence-corrected chi connectivity index (χ2v) is 6.29. The molecule has 2 aromatic heterocycles. The molecule has 0 saturated heterocycles. The molecule has 0 aliphatic heterocycles. The van der Waals surface area contributed by atoms with Gasteiger partial charge in [0.2, 0.25) is 0 Å². The summed E-state index contributed by atoms with van der Waals surface area (Å²) in [4.78, 5) is 29.0. The molecule has 2 aromatic rings. The molecule has 0 aliphatic rings. The van der Waals surface area contributed by atoms with Crippen molar-refractivity contribution in [3.05, 3.63) is 33.5 Å². The van der Waals surface area contributed by atoms with Gasteiger partial charge >= 0.3 is 5.69 Å². The largest absolute Gasteiger partial charge is 0.332 e. The lowest BCUT2D eigenvalue weighted by atomic mass is 10.3. The molecule has 0 atom stereocenters. The van der Waals surface area contributed by atoms with E-state index in [1.54, 1.807) is 24.9 Å². The standard InChI is InChI=1S/C15H22N4O2S/c1-5-7-8-10-22-14-16-12-11(19(14)9-6-2)13(20)18(4)15(21)17(12)3/h6H,2,5,7-10H2,1,3-4H3. The number of hydrogen-bond donors (Lipinski definition) is 0. The molecular formula is C15H22N4O2S. The quantitative estimate of drug-likeness (QED) is 0.444. The highest BCUT2D eigenvalue weighted by Crippen LogP contribution is 2.22. The highest BCUT2D eigenvalue weighted by atomic mass is 32.2. The predicted octanol–water partition coefficient (Wildman–Crippen LogP) is 1.90. The van der Waals surface area contributed by atoms with Gasteiger partial charge in [-0.1, -0.05) is 37.6 Å². The van der Waals surface area contributed by atoms with Crippen LogP contribution in [0.5, 0.6) is 0 Å². The highest BCUT2D eigenvalue weighted by molar-refractivity contribution is 7.99. The molecule has 0 spiro atoms.